The molecule has 0 heterocycles. The van der Waals surface area contributed by atoms with Crippen LogP contribution in [-0.4, -0.2) is 138 Å². The van der Waals surface area contributed by atoms with Gasteiger partial charge in [0.1, 0.15) is 40.5 Å². The lowest BCUT2D eigenvalue weighted by atomic mass is 10.1. The second-order valence-corrected chi connectivity index (χ2v) is 30.5. The zero-order valence-corrected chi connectivity index (χ0v) is 75.5. The van der Waals surface area contributed by atoms with Gasteiger partial charge in [0, 0.05) is 81.7 Å². The fourth-order valence-corrected chi connectivity index (χ4v) is 12.1. The molecule has 0 aromatic heterocycles. The molecule has 0 atom stereocenters. The van der Waals surface area contributed by atoms with E-state index in [0.717, 1.165) is 77.5 Å². The quantitative estimate of drug-likeness (QED) is 0.0520. The van der Waals surface area contributed by atoms with Crippen molar-refractivity contribution in [3.05, 3.63) is 305 Å². The first kappa shape index (κ1) is 102. The van der Waals surface area contributed by atoms with Crippen LogP contribution in [0.4, 0.5) is 26.3 Å². The van der Waals surface area contributed by atoms with Gasteiger partial charge in [0.2, 0.25) is 0 Å². The summed E-state index contributed by atoms with van der Waals surface area (Å²) < 4.78 is 83.0. The Labute approximate surface area is 722 Å². The summed E-state index contributed by atoms with van der Waals surface area (Å²) in [6.45, 7) is 21.1. The summed E-state index contributed by atoms with van der Waals surface area (Å²) in [7, 11) is 0. The van der Waals surface area contributed by atoms with Crippen molar-refractivity contribution in [3.8, 4) is 0 Å². The summed E-state index contributed by atoms with van der Waals surface area (Å²) in [5.41, 5.74) is 3.53. The molecule has 0 aliphatic heterocycles. The van der Waals surface area contributed by atoms with Crippen LogP contribution < -0.4 is 0 Å². The van der Waals surface area contributed by atoms with Crippen molar-refractivity contribution in [1.29, 1.82) is 0 Å². The van der Waals surface area contributed by atoms with Crippen molar-refractivity contribution >= 4 is 209 Å². The smallest absolute Gasteiger partial charge is 0.341 e. The average Bonchev–Trinajstić information content (AvgIpc) is 0.835. The number of benzene rings is 9. The highest BCUT2D eigenvalue weighted by atomic mass is 79.9. The topological polar surface area (TPSA) is 285 Å². The standard InChI is InChI=1S/C12H16BrNO.2C11H13BrFNO.2C8H7BrO2.C7H4BrClO2.C7H3BrF2O2.2C7H4BrFO2/c1-4-14(5-2)12(15)11-7-6-10(13)8-9(11)3;1-3-14(4-2)11(15)9-6-5-8(12)7-10(9)13;1-3-14(4-2)11(15)8-5-6-9(12)10(13)7-8;1-5-4-6(9)2-3-7(5)8(10)11;1-5-4-6(8(10)11)2-3-7(5)9;8-4-1-2-5(7(10)11)6(9)3-4;8-3-1-4(9)6(7(11)12)5(10)2-3;8-4-1-2-5(7(10)11)6(9)3-4;8-5-2-1-4(7(10)11)3-6(5)9/h6-8H,4-5H2,1-3H3;2*5-7H,3-4H2,1-2H3;2*2-4H,1H3,(H,10,11);1-3H,(H,10,11);1-2H,(H,11,12);2*1-3H,(H,10,11). The molecular weight excluding hydrogens is 2090 g/mol. The zero-order valence-electron chi connectivity index (χ0n) is 60.5. The SMILES string of the molecule is CCN(CC)C(=O)c1ccc(Br)c(F)c1.CCN(CC)C(=O)c1ccc(Br)cc1C.CCN(CC)C(=O)c1ccc(Br)cc1F.Cc1cc(Br)ccc1C(=O)O.Cc1cc(C(=O)O)ccc1Br.O=C(O)c1c(F)cc(Br)cc1F.O=C(O)c1ccc(Br)c(F)c1.O=C(O)c1ccc(Br)cc1Cl.O=C(O)c1ccc(Br)cc1F. The van der Waals surface area contributed by atoms with E-state index in [4.69, 9.17) is 42.2 Å². The summed E-state index contributed by atoms with van der Waals surface area (Å²) in [6.07, 6.45) is 0. The molecule has 0 fully saturated rings. The van der Waals surface area contributed by atoms with Gasteiger partial charge in [-0.2, -0.15) is 0 Å². The molecule has 0 spiro atoms. The molecule has 112 heavy (non-hydrogen) atoms. The van der Waals surface area contributed by atoms with Gasteiger partial charge in [-0.25, -0.2) is 55.1 Å². The minimum absolute atomic E-state index is 0.0503. The zero-order chi connectivity index (χ0) is 85.7. The number of rotatable bonds is 15. The average molecular weight is 2160 g/mol. The Morgan fingerprint density at radius 3 is 0.929 bits per heavy atom. The highest BCUT2D eigenvalue weighted by Crippen LogP contribution is 2.25. The van der Waals surface area contributed by atoms with E-state index < -0.39 is 76.3 Å². The Hall–Kier alpha value is -7.60. The molecule has 0 saturated carbocycles. The molecule has 34 heteroatoms. The molecule has 0 saturated heterocycles. The summed E-state index contributed by atoms with van der Waals surface area (Å²) in [6, 6.07) is 38.5. The van der Waals surface area contributed by atoms with Gasteiger partial charge in [-0.3, -0.25) is 14.4 Å². The molecule has 9 aromatic carbocycles. The highest BCUT2D eigenvalue weighted by molar-refractivity contribution is 9.12. The van der Waals surface area contributed by atoms with Gasteiger partial charge >= 0.3 is 35.8 Å². The Balaban J connectivity index is 0.000000632. The molecule has 0 unspecified atom stereocenters. The number of aryl methyl sites for hydroxylation is 3. The van der Waals surface area contributed by atoms with Crippen molar-refractivity contribution in [2.75, 3.05) is 39.3 Å². The fraction of sp³-hybridized carbons (Fsp3) is 0.192. The number of nitrogens with zero attached hydrogens (tertiary/aromatic N) is 3. The van der Waals surface area contributed by atoms with Gasteiger partial charge in [-0.1, -0.05) is 123 Å². The first-order chi connectivity index (χ1) is 52.4. The molecule has 0 radical (unpaired) electrons. The first-order valence-electron chi connectivity index (χ1n) is 32.3. The number of hydrogen-bond donors (Lipinski definition) is 6. The van der Waals surface area contributed by atoms with E-state index in [1.807, 2.05) is 78.5 Å². The number of amides is 3. The molecule has 0 bridgehead atoms. The van der Waals surface area contributed by atoms with Crippen LogP contribution in [-0.2, 0) is 0 Å². The maximum Gasteiger partial charge on any atom is 0.341 e. The molecule has 9 aromatic rings. The van der Waals surface area contributed by atoms with Crippen molar-refractivity contribution < 1.29 is 100 Å². The predicted octanol–water partition coefficient (Wildman–Crippen LogP) is 24.1. The third-order valence-electron chi connectivity index (χ3n) is 14.4. The number of carboxylic acids is 6. The Bertz CT molecular complexity index is 4490. The Morgan fingerprint density at radius 1 is 0.286 bits per heavy atom. The van der Waals surface area contributed by atoms with E-state index in [-0.39, 0.29) is 53.9 Å². The molecule has 600 valence electrons. The Kier molecular flexibility index (Phi) is 47.5. The first-order valence-corrected chi connectivity index (χ1v) is 39.8. The lowest BCUT2D eigenvalue weighted by Gasteiger charge is -2.19. The molecule has 0 aliphatic rings. The van der Waals surface area contributed by atoms with Gasteiger partial charge in [-0.05, 0) is 269 Å². The normalized spacial score (nSPS) is 9.87. The van der Waals surface area contributed by atoms with Crippen LogP contribution in [0.5, 0.6) is 0 Å². The van der Waals surface area contributed by atoms with Gasteiger partial charge < -0.3 is 45.3 Å². The molecule has 0 aliphatic carbocycles. The summed E-state index contributed by atoms with van der Waals surface area (Å²) in [5.74, 6) is -11.4. The second kappa shape index (κ2) is 52.0. The third-order valence-corrected chi connectivity index (χ3v) is 19.8. The summed E-state index contributed by atoms with van der Waals surface area (Å²) >= 11 is 33.7. The number of halogens is 16. The lowest BCUT2D eigenvalue weighted by Crippen LogP contribution is -2.31. The minimum atomic E-state index is -1.61. The highest BCUT2D eigenvalue weighted by Gasteiger charge is 2.20. The van der Waals surface area contributed by atoms with Gasteiger partial charge in [-0.15, -0.1) is 0 Å². The molecule has 3 amide bonds. The van der Waals surface area contributed by atoms with Crippen LogP contribution in [0.1, 0.15) is 151 Å². The lowest BCUT2D eigenvalue weighted by molar-refractivity contribution is 0.0676. The summed E-state index contributed by atoms with van der Waals surface area (Å²) in [4.78, 5) is 103. The monoisotopic (exact) mass is 2150 g/mol. The minimum Gasteiger partial charge on any atom is -0.478 e. The van der Waals surface area contributed by atoms with Crippen molar-refractivity contribution in [1.82, 2.24) is 14.7 Å². The van der Waals surface area contributed by atoms with Crippen LogP contribution in [0, 0.1) is 55.7 Å². The van der Waals surface area contributed by atoms with E-state index in [2.05, 4.69) is 143 Å². The number of aromatic carboxylic acids is 6. The van der Waals surface area contributed by atoms with Crippen molar-refractivity contribution in [2.24, 2.45) is 0 Å². The maximum absolute atomic E-state index is 13.5. The predicted molar refractivity (Wildman–Crippen MR) is 450 cm³/mol. The molecule has 18 nitrogen and oxygen atoms in total. The number of hydrogen-bond acceptors (Lipinski definition) is 9. The number of carboxylic acid groups (broad SMARTS) is 6. The third kappa shape index (κ3) is 35.4. The molecule has 9 rings (SSSR count). The van der Waals surface area contributed by atoms with E-state index >= 15 is 0 Å². The van der Waals surface area contributed by atoms with Crippen molar-refractivity contribution in [3.63, 3.8) is 0 Å². The largest absolute Gasteiger partial charge is 0.478 e. The molecular formula is C78H71Br9ClF6N3O15. The van der Waals surface area contributed by atoms with Crippen molar-refractivity contribution in [2.45, 2.75) is 62.3 Å². The van der Waals surface area contributed by atoms with Crippen LogP contribution in [0.15, 0.2) is 198 Å². The maximum atomic E-state index is 13.5. The van der Waals surface area contributed by atoms with Gasteiger partial charge in [0.25, 0.3) is 17.7 Å². The fourth-order valence-electron chi connectivity index (χ4n) is 8.56. The number of carbonyl (C=O) groups excluding carboxylic acids is 3. The van der Waals surface area contributed by atoms with E-state index in [0.29, 0.717) is 56.3 Å². The molecule has 6 N–H and O–H groups in total. The van der Waals surface area contributed by atoms with Crippen LogP contribution in [0.25, 0.3) is 0 Å². The van der Waals surface area contributed by atoms with E-state index in [1.54, 1.807) is 83.5 Å². The Morgan fingerprint density at radius 2 is 0.589 bits per heavy atom. The number of carbonyl (C=O) groups is 9. The van der Waals surface area contributed by atoms with Crippen LogP contribution in [0.3, 0.4) is 0 Å². The van der Waals surface area contributed by atoms with Crippen LogP contribution in [0.2, 0.25) is 5.02 Å². The van der Waals surface area contributed by atoms with Crippen LogP contribution >= 0.6 is 155 Å². The van der Waals surface area contributed by atoms with E-state index in [9.17, 15) is 69.5 Å². The second-order valence-electron chi connectivity index (χ2n) is 22.0. The van der Waals surface area contributed by atoms with E-state index in [1.165, 1.54) is 48.5 Å². The van der Waals surface area contributed by atoms with Gasteiger partial charge in [0.15, 0.2) is 0 Å². The summed E-state index contributed by atoms with van der Waals surface area (Å²) in [5, 5.41) is 51.2. The van der Waals surface area contributed by atoms with Gasteiger partial charge in [0.05, 0.1) is 47.3 Å².